The molecule has 0 radical (unpaired) electrons. The number of para-hydroxylation sites is 2. The zero-order valence-electron chi connectivity index (χ0n) is 14.3. The molecule has 0 aliphatic heterocycles. The Morgan fingerprint density at radius 2 is 1.44 bits per heavy atom. The summed E-state index contributed by atoms with van der Waals surface area (Å²) in [4.78, 5) is 15.9. The standard InChI is InChI=1S/C23H14N2O2/c26-25(27)22-12-6-4-9-17(22)19-13-15-7-1-2-8-16(15)23-18-10-3-5-11-21(18)24-14-20(19)23/h1-14H. The topological polar surface area (TPSA) is 56.0 Å². The molecule has 27 heavy (non-hydrogen) atoms. The summed E-state index contributed by atoms with van der Waals surface area (Å²) < 4.78 is 0. The first-order valence-electron chi connectivity index (χ1n) is 8.67. The number of nitro groups is 1. The fourth-order valence-corrected chi connectivity index (χ4v) is 3.80. The van der Waals surface area contributed by atoms with Gasteiger partial charge in [-0.15, -0.1) is 0 Å². The highest BCUT2D eigenvalue weighted by molar-refractivity contribution is 6.23. The molecule has 5 aromatic rings. The molecule has 1 heterocycles. The van der Waals surface area contributed by atoms with E-state index in [4.69, 9.17) is 0 Å². The number of benzene rings is 4. The van der Waals surface area contributed by atoms with Gasteiger partial charge in [-0.3, -0.25) is 15.1 Å². The number of pyridine rings is 1. The molecule has 0 saturated heterocycles. The van der Waals surface area contributed by atoms with Crippen LogP contribution in [-0.2, 0) is 0 Å². The van der Waals surface area contributed by atoms with Gasteiger partial charge in [0.05, 0.1) is 16.0 Å². The van der Waals surface area contributed by atoms with Crippen molar-refractivity contribution in [2.45, 2.75) is 0 Å². The second-order valence-electron chi connectivity index (χ2n) is 6.48. The number of rotatable bonds is 2. The van der Waals surface area contributed by atoms with E-state index in [0.717, 1.165) is 38.0 Å². The Labute approximate surface area is 154 Å². The molecule has 0 spiro atoms. The van der Waals surface area contributed by atoms with Crippen LogP contribution in [0.4, 0.5) is 5.69 Å². The van der Waals surface area contributed by atoms with Crippen molar-refractivity contribution >= 4 is 38.1 Å². The molecule has 4 heteroatoms. The number of hydrogen-bond donors (Lipinski definition) is 0. The summed E-state index contributed by atoms with van der Waals surface area (Å²) >= 11 is 0. The molecule has 0 saturated carbocycles. The van der Waals surface area contributed by atoms with Gasteiger partial charge in [0.15, 0.2) is 0 Å². The van der Waals surface area contributed by atoms with E-state index in [2.05, 4.69) is 17.1 Å². The van der Waals surface area contributed by atoms with Crippen LogP contribution >= 0.6 is 0 Å². The Morgan fingerprint density at radius 1 is 0.741 bits per heavy atom. The third-order valence-corrected chi connectivity index (χ3v) is 4.99. The predicted octanol–water partition coefficient (Wildman–Crippen LogP) is 6.12. The molecular formula is C23H14N2O2. The zero-order chi connectivity index (χ0) is 18.4. The average Bonchev–Trinajstić information content (AvgIpc) is 2.72. The summed E-state index contributed by atoms with van der Waals surface area (Å²) in [6.45, 7) is 0. The molecule has 0 fully saturated rings. The Balaban J connectivity index is 2.03. The van der Waals surface area contributed by atoms with Gasteiger partial charge in [-0.25, -0.2) is 0 Å². The lowest BCUT2D eigenvalue weighted by atomic mass is 9.91. The maximum Gasteiger partial charge on any atom is 0.277 e. The maximum absolute atomic E-state index is 11.6. The van der Waals surface area contributed by atoms with Gasteiger partial charge in [0.2, 0.25) is 0 Å². The molecule has 0 N–H and O–H groups in total. The van der Waals surface area contributed by atoms with E-state index in [-0.39, 0.29) is 10.6 Å². The van der Waals surface area contributed by atoms with E-state index in [1.54, 1.807) is 18.2 Å². The molecule has 5 rings (SSSR count). The van der Waals surface area contributed by atoms with Crippen LogP contribution < -0.4 is 0 Å². The minimum absolute atomic E-state index is 0.0993. The molecule has 0 aliphatic rings. The van der Waals surface area contributed by atoms with E-state index < -0.39 is 0 Å². The van der Waals surface area contributed by atoms with E-state index in [9.17, 15) is 10.1 Å². The molecule has 0 aliphatic carbocycles. The Morgan fingerprint density at radius 3 is 2.30 bits per heavy atom. The van der Waals surface area contributed by atoms with Crippen molar-refractivity contribution in [1.29, 1.82) is 0 Å². The summed E-state index contributed by atoms with van der Waals surface area (Å²) in [5, 5.41) is 16.8. The van der Waals surface area contributed by atoms with Crippen LogP contribution in [-0.4, -0.2) is 9.91 Å². The molecule has 1 aromatic heterocycles. The van der Waals surface area contributed by atoms with Crippen molar-refractivity contribution in [2.75, 3.05) is 0 Å². The Bertz CT molecular complexity index is 1340. The summed E-state index contributed by atoms with van der Waals surface area (Å²) in [6.07, 6.45) is 1.83. The van der Waals surface area contributed by atoms with Gasteiger partial charge in [0, 0.05) is 28.4 Å². The van der Waals surface area contributed by atoms with Crippen molar-refractivity contribution < 1.29 is 4.92 Å². The molecule has 0 unspecified atom stereocenters. The fraction of sp³-hybridized carbons (Fsp3) is 0. The van der Waals surface area contributed by atoms with Crippen LogP contribution in [0.5, 0.6) is 0 Å². The number of aromatic nitrogens is 1. The van der Waals surface area contributed by atoms with Crippen molar-refractivity contribution in [3.8, 4) is 11.1 Å². The number of fused-ring (bicyclic) bond motifs is 5. The molecule has 0 atom stereocenters. The predicted molar refractivity (Wildman–Crippen MR) is 109 cm³/mol. The van der Waals surface area contributed by atoms with Gasteiger partial charge in [0.1, 0.15) is 0 Å². The fourth-order valence-electron chi connectivity index (χ4n) is 3.80. The molecule has 4 nitrogen and oxygen atoms in total. The van der Waals surface area contributed by atoms with Crippen LogP contribution in [0.25, 0.3) is 43.6 Å². The molecule has 128 valence electrons. The van der Waals surface area contributed by atoms with Crippen molar-refractivity contribution in [1.82, 2.24) is 4.98 Å². The lowest BCUT2D eigenvalue weighted by Crippen LogP contribution is -1.93. The highest BCUT2D eigenvalue weighted by Crippen LogP contribution is 2.40. The van der Waals surface area contributed by atoms with Crippen LogP contribution in [0.15, 0.2) is 85.1 Å². The number of hydrogen-bond acceptors (Lipinski definition) is 3. The highest BCUT2D eigenvalue weighted by Gasteiger charge is 2.18. The number of nitro benzene ring substituents is 1. The van der Waals surface area contributed by atoms with Gasteiger partial charge in [-0.2, -0.15) is 0 Å². The first-order chi connectivity index (χ1) is 13.2. The van der Waals surface area contributed by atoms with E-state index >= 15 is 0 Å². The minimum atomic E-state index is -0.329. The second kappa shape index (κ2) is 5.88. The van der Waals surface area contributed by atoms with Crippen molar-refractivity contribution in [3.05, 3.63) is 95.2 Å². The maximum atomic E-state index is 11.6. The summed E-state index contributed by atoms with van der Waals surface area (Å²) in [6, 6.07) is 25.0. The van der Waals surface area contributed by atoms with Gasteiger partial charge >= 0.3 is 0 Å². The first-order valence-corrected chi connectivity index (χ1v) is 8.67. The highest BCUT2D eigenvalue weighted by atomic mass is 16.6. The minimum Gasteiger partial charge on any atom is -0.258 e. The first kappa shape index (κ1) is 15.5. The lowest BCUT2D eigenvalue weighted by molar-refractivity contribution is -0.384. The van der Waals surface area contributed by atoms with Crippen molar-refractivity contribution in [3.63, 3.8) is 0 Å². The Hall–Kier alpha value is -3.79. The lowest BCUT2D eigenvalue weighted by Gasteiger charge is -2.13. The number of nitrogens with zero attached hydrogens (tertiary/aromatic N) is 2. The molecular weight excluding hydrogens is 336 g/mol. The third kappa shape index (κ3) is 2.34. The van der Waals surface area contributed by atoms with Crippen LogP contribution in [0.3, 0.4) is 0 Å². The zero-order valence-corrected chi connectivity index (χ0v) is 14.3. The summed E-state index contributed by atoms with van der Waals surface area (Å²) in [5.74, 6) is 0. The quantitative estimate of drug-likeness (QED) is 0.219. The van der Waals surface area contributed by atoms with Gasteiger partial charge in [0.25, 0.3) is 5.69 Å². The SMILES string of the molecule is O=[N+]([O-])c1ccccc1-c1cc2ccccc2c2c1cnc1ccccc12. The monoisotopic (exact) mass is 350 g/mol. The van der Waals surface area contributed by atoms with E-state index in [1.165, 1.54) is 0 Å². The van der Waals surface area contributed by atoms with Gasteiger partial charge in [-0.05, 0) is 34.5 Å². The second-order valence-corrected chi connectivity index (χ2v) is 6.48. The smallest absolute Gasteiger partial charge is 0.258 e. The van der Waals surface area contributed by atoms with E-state index in [1.807, 2.05) is 54.7 Å². The average molecular weight is 350 g/mol. The normalized spacial score (nSPS) is 11.3. The van der Waals surface area contributed by atoms with Gasteiger partial charge < -0.3 is 0 Å². The third-order valence-electron chi connectivity index (χ3n) is 4.99. The largest absolute Gasteiger partial charge is 0.277 e. The van der Waals surface area contributed by atoms with Crippen molar-refractivity contribution in [2.24, 2.45) is 0 Å². The van der Waals surface area contributed by atoms with Crippen LogP contribution in [0, 0.1) is 10.1 Å². The Kier molecular flexibility index (Phi) is 3.37. The summed E-state index contributed by atoms with van der Waals surface area (Å²) in [7, 11) is 0. The molecule has 4 aromatic carbocycles. The van der Waals surface area contributed by atoms with Gasteiger partial charge in [-0.1, -0.05) is 54.6 Å². The summed E-state index contributed by atoms with van der Waals surface area (Å²) in [5.41, 5.74) is 2.45. The molecule has 0 amide bonds. The molecule has 0 bridgehead atoms. The van der Waals surface area contributed by atoms with E-state index in [0.29, 0.717) is 5.56 Å². The van der Waals surface area contributed by atoms with Crippen LogP contribution in [0.2, 0.25) is 0 Å². The van der Waals surface area contributed by atoms with Crippen LogP contribution in [0.1, 0.15) is 0 Å².